The van der Waals surface area contributed by atoms with E-state index in [9.17, 15) is 0 Å². The first-order valence-corrected chi connectivity index (χ1v) is 7.48. The molecule has 0 atom stereocenters. The molecular weight excluding hydrogens is 298 g/mol. The van der Waals surface area contributed by atoms with Crippen LogP contribution >= 0.6 is 15.9 Å². The number of halogens is 1. The zero-order chi connectivity index (χ0) is 13.8. The van der Waals surface area contributed by atoms with Gasteiger partial charge in [0.1, 0.15) is 0 Å². The van der Waals surface area contributed by atoms with Crippen molar-refractivity contribution in [2.75, 3.05) is 5.32 Å². The van der Waals surface area contributed by atoms with Crippen molar-refractivity contribution >= 4 is 21.6 Å². The van der Waals surface area contributed by atoms with Gasteiger partial charge in [0, 0.05) is 16.7 Å². The average molecular weight is 318 g/mol. The second-order valence-corrected chi connectivity index (χ2v) is 5.85. The molecule has 2 aromatic carbocycles. The summed E-state index contributed by atoms with van der Waals surface area (Å²) in [7, 11) is 0. The maximum Gasteiger partial charge on any atom is 0.0403 e. The molecule has 0 fully saturated rings. The molecule has 0 unspecified atom stereocenters. The molecule has 1 N–H and O–H groups in total. The minimum atomic E-state index is 0.868. The van der Waals surface area contributed by atoms with Crippen molar-refractivity contribution in [3.8, 4) is 0 Å². The highest BCUT2D eigenvalue weighted by Gasteiger charge is 2.04. The minimum Gasteiger partial charge on any atom is -0.381 e. The van der Waals surface area contributed by atoms with E-state index in [4.69, 9.17) is 0 Å². The molecule has 0 aromatic heterocycles. The molecule has 0 saturated carbocycles. The number of benzene rings is 2. The van der Waals surface area contributed by atoms with E-state index in [1.54, 1.807) is 0 Å². The van der Waals surface area contributed by atoms with Crippen LogP contribution in [0.15, 0.2) is 40.9 Å². The van der Waals surface area contributed by atoms with Crippen molar-refractivity contribution in [2.24, 2.45) is 0 Å². The Bertz CT molecular complexity index is 535. The Morgan fingerprint density at radius 2 is 1.47 bits per heavy atom. The summed E-state index contributed by atoms with van der Waals surface area (Å²) in [5.74, 6) is 0. The molecule has 0 aliphatic rings. The van der Waals surface area contributed by atoms with Gasteiger partial charge in [0.05, 0.1) is 0 Å². The first-order valence-electron chi connectivity index (χ1n) is 6.68. The van der Waals surface area contributed by atoms with Gasteiger partial charge in [-0.2, -0.15) is 0 Å². The quantitative estimate of drug-likeness (QED) is 0.813. The molecule has 2 aromatic rings. The topological polar surface area (TPSA) is 12.0 Å². The van der Waals surface area contributed by atoms with Gasteiger partial charge in [-0.15, -0.1) is 0 Å². The Balaban J connectivity index is 2.10. The molecule has 0 radical (unpaired) electrons. The van der Waals surface area contributed by atoms with Crippen molar-refractivity contribution < 1.29 is 0 Å². The third-order valence-electron chi connectivity index (χ3n) is 3.40. The SMILES string of the molecule is CCc1ccc(CNc2c(C)cc(Br)cc2C)cc1. The van der Waals surface area contributed by atoms with E-state index in [2.05, 4.69) is 78.4 Å². The fourth-order valence-electron chi connectivity index (χ4n) is 2.27. The molecule has 0 heterocycles. The second-order valence-electron chi connectivity index (χ2n) is 4.94. The van der Waals surface area contributed by atoms with Gasteiger partial charge >= 0.3 is 0 Å². The lowest BCUT2D eigenvalue weighted by molar-refractivity contribution is 1.10. The normalized spacial score (nSPS) is 10.5. The number of aryl methyl sites for hydroxylation is 3. The number of anilines is 1. The molecule has 1 nitrogen and oxygen atoms in total. The van der Waals surface area contributed by atoms with Crippen molar-refractivity contribution in [2.45, 2.75) is 33.7 Å². The van der Waals surface area contributed by atoms with Crippen LogP contribution in [0.2, 0.25) is 0 Å². The molecule has 0 spiro atoms. The van der Waals surface area contributed by atoms with E-state index in [0.717, 1.165) is 17.4 Å². The van der Waals surface area contributed by atoms with Gasteiger partial charge in [0.25, 0.3) is 0 Å². The van der Waals surface area contributed by atoms with E-state index in [1.165, 1.54) is 27.9 Å². The maximum atomic E-state index is 3.54. The summed E-state index contributed by atoms with van der Waals surface area (Å²) in [6.07, 6.45) is 1.10. The smallest absolute Gasteiger partial charge is 0.0403 e. The lowest BCUT2D eigenvalue weighted by Crippen LogP contribution is -2.03. The molecule has 2 heteroatoms. The molecule has 0 amide bonds. The molecule has 0 aliphatic carbocycles. The van der Waals surface area contributed by atoms with Gasteiger partial charge in [0.2, 0.25) is 0 Å². The highest BCUT2D eigenvalue weighted by molar-refractivity contribution is 9.10. The van der Waals surface area contributed by atoms with E-state index in [1.807, 2.05) is 0 Å². The van der Waals surface area contributed by atoms with Crippen LogP contribution in [0.1, 0.15) is 29.2 Å². The predicted octanol–water partition coefficient (Wildman–Crippen LogP) is 5.24. The number of rotatable bonds is 4. The highest BCUT2D eigenvalue weighted by atomic mass is 79.9. The number of nitrogens with one attached hydrogen (secondary N) is 1. The van der Waals surface area contributed by atoms with Crippen molar-refractivity contribution in [1.82, 2.24) is 0 Å². The summed E-state index contributed by atoms with van der Waals surface area (Å²) >= 11 is 3.53. The van der Waals surface area contributed by atoms with E-state index in [0.29, 0.717) is 0 Å². The standard InChI is InChI=1S/C17H20BrN/c1-4-14-5-7-15(8-6-14)11-19-17-12(2)9-16(18)10-13(17)3/h5-10,19H,4,11H2,1-3H3. The van der Waals surface area contributed by atoms with Crippen molar-refractivity contribution in [1.29, 1.82) is 0 Å². The highest BCUT2D eigenvalue weighted by Crippen LogP contribution is 2.25. The molecule has 0 bridgehead atoms. The first kappa shape index (κ1) is 14.1. The third-order valence-corrected chi connectivity index (χ3v) is 3.86. The van der Waals surface area contributed by atoms with Crippen LogP contribution in [0, 0.1) is 13.8 Å². The Morgan fingerprint density at radius 3 is 2.00 bits per heavy atom. The molecule has 0 aliphatic heterocycles. The lowest BCUT2D eigenvalue weighted by Gasteiger charge is -2.13. The van der Waals surface area contributed by atoms with Gasteiger partial charge in [0.15, 0.2) is 0 Å². The molecule has 0 saturated heterocycles. The van der Waals surface area contributed by atoms with E-state index in [-0.39, 0.29) is 0 Å². The molecule has 19 heavy (non-hydrogen) atoms. The third kappa shape index (κ3) is 3.60. The summed E-state index contributed by atoms with van der Waals surface area (Å²) in [5, 5.41) is 3.54. The molecule has 2 rings (SSSR count). The predicted molar refractivity (Wildman–Crippen MR) is 86.8 cm³/mol. The van der Waals surface area contributed by atoms with E-state index >= 15 is 0 Å². The Labute approximate surface area is 124 Å². The number of hydrogen-bond donors (Lipinski definition) is 1. The summed E-state index contributed by atoms with van der Waals surface area (Å²) in [5.41, 5.74) is 6.50. The Morgan fingerprint density at radius 1 is 0.947 bits per heavy atom. The monoisotopic (exact) mass is 317 g/mol. The van der Waals surface area contributed by atoms with Crippen molar-refractivity contribution in [3.63, 3.8) is 0 Å². The fraction of sp³-hybridized carbons (Fsp3) is 0.294. The zero-order valence-corrected chi connectivity index (χ0v) is 13.3. The Hall–Kier alpha value is -1.28. The van der Waals surface area contributed by atoms with Crippen LogP contribution in [-0.2, 0) is 13.0 Å². The maximum absolute atomic E-state index is 3.54. The van der Waals surface area contributed by atoms with Gasteiger partial charge < -0.3 is 5.32 Å². The van der Waals surface area contributed by atoms with Crippen LogP contribution in [0.4, 0.5) is 5.69 Å². The van der Waals surface area contributed by atoms with Crippen LogP contribution in [-0.4, -0.2) is 0 Å². The second kappa shape index (κ2) is 6.25. The summed E-state index contributed by atoms with van der Waals surface area (Å²) < 4.78 is 1.14. The lowest BCUT2D eigenvalue weighted by atomic mass is 10.1. The fourth-order valence-corrected chi connectivity index (χ4v) is 2.96. The van der Waals surface area contributed by atoms with Crippen LogP contribution < -0.4 is 5.32 Å². The van der Waals surface area contributed by atoms with Crippen molar-refractivity contribution in [3.05, 3.63) is 63.1 Å². The zero-order valence-electron chi connectivity index (χ0n) is 11.8. The van der Waals surface area contributed by atoms with Crippen LogP contribution in [0.3, 0.4) is 0 Å². The van der Waals surface area contributed by atoms with Gasteiger partial charge in [-0.25, -0.2) is 0 Å². The molecular formula is C17H20BrN. The summed E-state index contributed by atoms with van der Waals surface area (Å²) in [6.45, 7) is 7.33. The summed E-state index contributed by atoms with van der Waals surface area (Å²) in [4.78, 5) is 0. The summed E-state index contributed by atoms with van der Waals surface area (Å²) in [6, 6.07) is 13.1. The van der Waals surface area contributed by atoms with Gasteiger partial charge in [-0.05, 0) is 54.7 Å². The first-order chi connectivity index (χ1) is 9.10. The Kier molecular flexibility index (Phi) is 4.65. The van der Waals surface area contributed by atoms with Crippen LogP contribution in [0.5, 0.6) is 0 Å². The van der Waals surface area contributed by atoms with Gasteiger partial charge in [-0.3, -0.25) is 0 Å². The minimum absolute atomic E-state index is 0.868. The molecule has 100 valence electrons. The van der Waals surface area contributed by atoms with Crippen LogP contribution in [0.25, 0.3) is 0 Å². The largest absolute Gasteiger partial charge is 0.381 e. The van der Waals surface area contributed by atoms with E-state index < -0.39 is 0 Å². The average Bonchev–Trinajstić information content (AvgIpc) is 2.38. The van der Waals surface area contributed by atoms with Gasteiger partial charge in [-0.1, -0.05) is 47.1 Å². The number of hydrogen-bond acceptors (Lipinski definition) is 1.